The van der Waals surface area contributed by atoms with Crippen LogP contribution in [0.5, 0.6) is 0 Å². The Labute approximate surface area is 133 Å². The summed E-state index contributed by atoms with van der Waals surface area (Å²) < 4.78 is 7.65. The van der Waals surface area contributed by atoms with Gasteiger partial charge < -0.3 is 10.1 Å². The van der Waals surface area contributed by atoms with Crippen LogP contribution in [0.15, 0.2) is 0 Å². The van der Waals surface area contributed by atoms with E-state index in [1.807, 2.05) is 14.0 Å². The third kappa shape index (κ3) is 3.79. The van der Waals surface area contributed by atoms with Crippen molar-refractivity contribution in [1.82, 2.24) is 15.1 Å². The van der Waals surface area contributed by atoms with Crippen molar-refractivity contribution in [1.29, 1.82) is 0 Å². The first-order valence-electron chi connectivity index (χ1n) is 8.11. The van der Waals surface area contributed by atoms with E-state index in [0.29, 0.717) is 18.1 Å². The Morgan fingerprint density at radius 2 is 2.24 bits per heavy atom. The highest BCUT2D eigenvalue weighted by Gasteiger charge is 2.34. The molecule has 0 aromatic carbocycles. The van der Waals surface area contributed by atoms with Crippen LogP contribution in [-0.2, 0) is 18.2 Å². The van der Waals surface area contributed by atoms with E-state index >= 15 is 0 Å². The molecular formula is C16H28ClN3O. The van der Waals surface area contributed by atoms with Gasteiger partial charge in [-0.1, -0.05) is 25.4 Å². The molecule has 0 spiro atoms. The number of rotatable bonds is 7. The van der Waals surface area contributed by atoms with Crippen LogP contribution in [0.3, 0.4) is 0 Å². The van der Waals surface area contributed by atoms with Crippen LogP contribution in [0.4, 0.5) is 0 Å². The molecule has 3 atom stereocenters. The Morgan fingerprint density at radius 3 is 2.81 bits per heavy atom. The molecule has 1 fully saturated rings. The van der Waals surface area contributed by atoms with E-state index in [2.05, 4.69) is 24.3 Å². The van der Waals surface area contributed by atoms with Gasteiger partial charge in [0.15, 0.2) is 0 Å². The van der Waals surface area contributed by atoms with Crippen LogP contribution < -0.4 is 5.32 Å². The minimum Gasteiger partial charge on any atom is -0.378 e. The second kappa shape index (κ2) is 7.61. The number of ether oxygens (including phenoxy) is 1. The van der Waals surface area contributed by atoms with Crippen molar-refractivity contribution in [2.45, 2.75) is 58.6 Å². The number of halogens is 1. The molecule has 2 heterocycles. The summed E-state index contributed by atoms with van der Waals surface area (Å²) in [6.45, 7) is 8.37. The molecule has 1 aliphatic rings. The minimum atomic E-state index is 0.370. The van der Waals surface area contributed by atoms with E-state index in [0.717, 1.165) is 49.7 Å². The van der Waals surface area contributed by atoms with Crippen molar-refractivity contribution >= 4 is 11.6 Å². The summed E-state index contributed by atoms with van der Waals surface area (Å²) in [5.41, 5.74) is 2.22. The molecule has 0 amide bonds. The van der Waals surface area contributed by atoms with Crippen LogP contribution in [0.1, 0.15) is 44.4 Å². The topological polar surface area (TPSA) is 39.1 Å². The van der Waals surface area contributed by atoms with Gasteiger partial charge in [0, 0.05) is 31.2 Å². The highest BCUT2D eigenvalue weighted by atomic mass is 35.5. The number of nitrogens with one attached hydrogen (secondary N) is 1. The Balaban J connectivity index is 2.16. The lowest BCUT2D eigenvalue weighted by Crippen LogP contribution is -2.42. The summed E-state index contributed by atoms with van der Waals surface area (Å²) in [4.78, 5) is 0. The van der Waals surface area contributed by atoms with Gasteiger partial charge in [0.1, 0.15) is 5.15 Å². The molecule has 1 aromatic rings. The van der Waals surface area contributed by atoms with Crippen LogP contribution in [-0.4, -0.2) is 35.1 Å². The zero-order chi connectivity index (χ0) is 15.4. The van der Waals surface area contributed by atoms with E-state index in [9.17, 15) is 0 Å². The Bertz CT molecular complexity index is 461. The van der Waals surface area contributed by atoms with Crippen LogP contribution in [0, 0.1) is 12.8 Å². The summed E-state index contributed by atoms with van der Waals surface area (Å²) in [6, 6.07) is 0.415. The number of hydrogen-bond donors (Lipinski definition) is 1. The van der Waals surface area contributed by atoms with Gasteiger partial charge in [-0.15, -0.1) is 0 Å². The molecule has 1 saturated heterocycles. The lowest BCUT2D eigenvalue weighted by molar-refractivity contribution is 0.0774. The molecule has 21 heavy (non-hydrogen) atoms. The molecule has 1 N–H and O–H groups in total. The first kappa shape index (κ1) is 16.8. The Hall–Kier alpha value is -0.580. The molecule has 0 saturated carbocycles. The standard InChI is InChI=1S/C16H28ClN3O/c1-5-8-18-14(12-7-9-21-15(12)6-2)10-13-11(3)19-20(4)16(13)17/h12,14-15,18H,5-10H2,1-4H3. The van der Waals surface area contributed by atoms with Crippen LogP contribution in [0.25, 0.3) is 0 Å². The fourth-order valence-electron chi connectivity index (χ4n) is 3.38. The van der Waals surface area contributed by atoms with E-state index in [-0.39, 0.29) is 0 Å². The fourth-order valence-corrected chi connectivity index (χ4v) is 3.63. The second-order valence-corrected chi connectivity index (χ2v) is 6.37. The predicted octanol–water partition coefficient (Wildman–Crippen LogP) is 3.11. The number of nitrogens with zero attached hydrogens (tertiary/aromatic N) is 2. The molecule has 2 rings (SSSR count). The van der Waals surface area contributed by atoms with Gasteiger partial charge >= 0.3 is 0 Å². The molecule has 0 radical (unpaired) electrons. The van der Waals surface area contributed by atoms with Crippen LogP contribution >= 0.6 is 11.6 Å². The first-order chi connectivity index (χ1) is 10.1. The lowest BCUT2D eigenvalue weighted by Gasteiger charge is -2.28. The smallest absolute Gasteiger partial charge is 0.130 e. The molecule has 5 heteroatoms. The monoisotopic (exact) mass is 313 g/mol. The summed E-state index contributed by atoms with van der Waals surface area (Å²) >= 11 is 6.41. The van der Waals surface area contributed by atoms with Crippen molar-refractivity contribution in [2.75, 3.05) is 13.2 Å². The maximum absolute atomic E-state index is 6.41. The molecule has 4 nitrogen and oxygen atoms in total. The van der Waals surface area contributed by atoms with Gasteiger partial charge in [0.2, 0.25) is 0 Å². The van der Waals surface area contributed by atoms with Gasteiger partial charge in [-0.25, -0.2) is 0 Å². The molecule has 1 aliphatic heterocycles. The third-order valence-corrected chi connectivity index (χ3v) is 5.00. The summed E-state index contributed by atoms with van der Waals surface area (Å²) in [7, 11) is 1.90. The van der Waals surface area contributed by atoms with E-state index in [1.165, 1.54) is 5.56 Å². The maximum Gasteiger partial charge on any atom is 0.130 e. The number of hydrogen-bond acceptors (Lipinski definition) is 3. The average molecular weight is 314 g/mol. The normalized spacial score (nSPS) is 23.7. The predicted molar refractivity (Wildman–Crippen MR) is 86.9 cm³/mol. The molecule has 0 aliphatic carbocycles. The van der Waals surface area contributed by atoms with E-state index in [4.69, 9.17) is 16.3 Å². The van der Waals surface area contributed by atoms with Crippen molar-refractivity contribution < 1.29 is 4.74 Å². The van der Waals surface area contributed by atoms with Gasteiger partial charge in [0.05, 0.1) is 11.8 Å². The summed E-state index contributed by atoms with van der Waals surface area (Å²) in [6.07, 6.45) is 4.66. The number of aryl methyl sites for hydroxylation is 2. The fraction of sp³-hybridized carbons (Fsp3) is 0.812. The highest BCUT2D eigenvalue weighted by molar-refractivity contribution is 6.30. The summed E-state index contributed by atoms with van der Waals surface area (Å²) in [5, 5.41) is 8.91. The highest BCUT2D eigenvalue weighted by Crippen LogP contribution is 2.30. The van der Waals surface area contributed by atoms with Gasteiger partial charge in [-0.05, 0) is 39.2 Å². The van der Waals surface area contributed by atoms with Crippen molar-refractivity contribution in [3.63, 3.8) is 0 Å². The zero-order valence-electron chi connectivity index (χ0n) is 13.7. The second-order valence-electron chi connectivity index (χ2n) is 6.01. The largest absolute Gasteiger partial charge is 0.378 e. The molecular weight excluding hydrogens is 286 g/mol. The Kier molecular flexibility index (Phi) is 6.08. The van der Waals surface area contributed by atoms with Crippen molar-refractivity contribution in [3.05, 3.63) is 16.4 Å². The van der Waals surface area contributed by atoms with Crippen molar-refractivity contribution in [3.8, 4) is 0 Å². The van der Waals surface area contributed by atoms with E-state index in [1.54, 1.807) is 4.68 Å². The average Bonchev–Trinajstić information content (AvgIpc) is 3.02. The van der Waals surface area contributed by atoms with Crippen molar-refractivity contribution in [2.24, 2.45) is 13.0 Å². The minimum absolute atomic E-state index is 0.370. The molecule has 3 unspecified atom stereocenters. The van der Waals surface area contributed by atoms with Crippen LogP contribution in [0.2, 0.25) is 5.15 Å². The summed E-state index contributed by atoms with van der Waals surface area (Å²) in [5.74, 6) is 0.567. The number of aromatic nitrogens is 2. The lowest BCUT2D eigenvalue weighted by atomic mass is 9.87. The quantitative estimate of drug-likeness (QED) is 0.840. The van der Waals surface area contributed by atoms with Gasteiger partial charge in [-0.2, -0.15) is 5.10 Å². The van der Waals surface area contributed by atoms with E-state index < -0.39 is 0 Å². The van der Waals surface area contributed by atoms with Gasteiger partial charge in [-0.3, -0.25) is 4.68 Å². The SMILES string of the molecule is CCCNC(Cc1c(C)nn(C)c1Cl)C1CCOC1CC. The molecule has 1 aromatic heterocycles. The van der Waals surface area contributed by atoms with Gasteiger partial charge in [0.25, 0.3) is 0 Å². The maximum atomic E-state index is 6.41. The zero-order valence-corrected chi connectivity index (χ0v) is 14.4. The third-order valence-electron chi connectivity index (χ3n) is 4.53. The first-order valence-corrected chi connectivity index (χ1v) is 8.49. The Morgan fingerprint density at radius 1 is 1.48 bits per heavy atom. The molecule has 120 valence electrons. The molecule has 0 bridgehead atoms.